The molecule has 0 radical (unpaired) electrons. The molecule has 1 unspecified atom stereocenters. The number of aromatic nitrogens is 3. The normalized spacial score (nSPS) is 12.0. The number of carboxylic acid groups (broad SMARTS) is 1. The van der Waals surface area contributed by atoms with Gasteiger partial charge in [0, 0.05) is 17.0 Å². The number of hydrogen-bond acceptors (Lipinski definition) is 6. The van der Waals surface area contributed by atoms with Crippen LogP contribution in [0.5, 0.6) is 0 Å². The van der Waals surface area contributed by atoms with Gasteiger partial charge in [-0.05, 0) is 30.2 Å². The fourth-order valence-electron chi connectivity index (χ4n) is 2.97. The Morgan fingerprint density at radius 3 is 2.50 bits per heavy atom. The van der Waals surface area contributed by atoms with E-state index in [1.165, 1.54) is 30.2 Å². The minimum atomic E-state index is -1.06. The molecular weight excluding hydrogens is 358 g/mol. The van der Waals surface area contributed by atoms with Crippen molar-refractivity contribution >= 4 is 5.97 Å². The molecule has 1 atom stereocenters. The lowest BCUT2D eigenvalue weighted by Gasteiger charge is -2.06. The van der Waals surface area contributed by atoms with Crippen molar-refractivity contribution in [3.05, 3.63) is 78.0 Å². The largest absolute Gasteiger partial charge is 0.478 e. The highest BCUT2D eigenvalue weighted by Crippen LogP contribution is 2.29. The third kappa shape index (κ3) is 3.68. The molecule has 7 nitrogen and oxygen atoms in total. The van der Waals surface area contributed by atoms with Gasteiger partial charge in [-0.15, -0.1) is 10.2 Å². The standard InChI is InChI=1S/C21H17N3O4/c1-13(9-14-5-3-2-4-6-14)18-23-24-20(28-18)16-10-15(19-22-7-8-27-19)11-17(12-16)21(25)26/h2-8,10-13H,9H2,1H3,(H,25,26). The van der Waals surface area contributed by atoms with Gasteiger partial charge in [0.25, 0.3) is 0 Å². The fourth-order valence-corrected chi connectivity index (χ4v) is 2.97. The molecule has 0 aliphatic carbocycles. The quantitative estimate of drug-likeness (QED) is 0.531. The Labute approximate surface area is 160 Å². The van der Waals surface area contributed by atoms with Gasteiger partial charge in [-0.3, -0.25) is 0 Å². The summed E-state index contributed by atoms with van der Waals surface area (Å²) in [6.45, 7) is 2.01. The first kappa shape index (κ1) is 17.7. The Hall–Kier alpha value is -3.74. The number of aromatic carboxylic acids is 1. The van der Waals surface area contributed by atoms with E-state index in [0.29, 0.717) is 22.9 Å². The zero-order chi connectivity index (χ0) is 19.5. The smallest absolute Gasteiger partial charge is 0.335 e. The molecule has 7 heteroatoms. The third-order valence-corrected chi connectivity index (χ3v) is 4.35. The van der Waals surface area contributed by atoms with Crippen LogP contribution in [-0.4, -0.2) is 26.3 Å². The molecule has 0 saturated heterocycles. The lowest BCUT2D eigenvalue weighted by molar-refractivity contribution is 0.0697. The topological polar surface area (TPSA) is 102 Å². The van der Waals surface area contributed by atoms with Crippen LogP contribution in [0.3, 0.4) is 0 Å². The van der Waals surface area contributed by atoms with Crippen LogP contribution in [0.1, 0.15) is 34.7 Å². The second-order valence-corrected chi connectivity index (χ2v) is 6.48. The van der Waals surface area contributed by atoms with Crippen LogP contribution in [0.4, 0.5) is 0 Å². The van der Waals surface area contributed by atoms with E-state index < -0.39 is 5.97 Å². The molecule has 2 aromatic heterocycles. The van der Waals surface area contributed by atoms with Crippen molar-refractivity contribution in [3.8, 4) is 22.9 Å². The predicted molar refractivity (Wildman–Crippen MR) is 101 cm³/mol. The molecule has 0 aliphatic heterocycles. The summed E-state index contributed by atoms with van der Waals surface area (Å²) in [6.07, 6.45) is 3.69. The van der Waals surface area contributed by atoms with Crippen LogP contribution in [0.25, 0.3) is 22.9 Å². The molecule has 0 aliphatic rings. The number of oxazole rings is 1. The van der Waals surface area contributed by atoms with Crippen molar-refractivity contribution < 1.29 is 18.7 Å². The molecule has 28 heavy (non-hydrogen) atoms. The molecule has 0 fully saturated rings. The van der Waals surface area contributed by atoms with Gasteiger partial charge in [-0.2, -0.15) is 0 Å². The van der Waals surface area contributed by atoms with Crippen LogP contribution in [0.2, 0.25) is 0 Å². The summed E-state index contributed by atoms with van der Waals surface area (Å²) in [4.78, 5) is 15.6. The summed E-state index contributed by atoms with van der Waals surface area (Å²) in [5.41, 5.74) is 2.28. The van der Waals surface area contributed by atoms with E-state index in [1.54, 1.807) is 6.07 Å². The first-order chi connectivity index (χ1) is 13.6. The third-order valence-electron chi connectivity index (χ3n) is 4.35. The van der Waals surface area contributed by atoms with Gasteiger partial charge in [0.05, 0.1) is 11.8 Å². The summed E-state index contributed by atoms with van der Waals surface area (Å²) < 4.78 is 11.1. The molecule has 4 aromatic rings. The van der Waals surface area contributed by atoms with Crippen LogP contribution in [0.15, 0.2) is 69.8 Å². The molecule has 0 spiro atoms. The number of hydrogen-bond donors (Lipinski definition) is 1. The van der Waals surface area contributed by atoms with E-state index in [4.69, 9.17) is 8.83 Å². The van der Waals surface area contributed by atoms with Gasteiger partial charge in [-0.1, -0.05) is 37.3 Å². The van der Waals surface area contributed by atoms with Crippen molar-refractivity contribution in [1.82, 2.24) is 15.2 Å². The number of benzene rings is 2. The average Bonchev–Trinajstić information content (AvgIpc) is 3.41. The van der Waals surface area contributed by atoms with Gasteiger partial charge in [0.15, 0.2) is 0 Å². The van der Waals surface area contributed by atoms with E-state index in [9.17, 15) is 9.90 Å². The minimum Gasteiger partial charge on any atom is -0.478 e. The second kappa shape index (κ2) is 7.48. The zero-order valence-electron chi connectivity index (χ0n) is 15.1. The number of nitrogens with zero attached hydrogens (tertiary/aromatic N) is 3. The number of rotatable bonds is 6. The summed E-state index contributed by atoms with van der Waals surface area (Å²) in [5.74, 6) is 0.0361. The maximum Gasteiger partial charge on any atom is 0.335 e. The van der Waals surface area contributed by atoms with Crippen LogP contribution in [-0.2, 0) is 6.42 Å². The zero-order valence-corrected chi connectivity index (χ0v) is 15.1. The molecule has 0 bridgehead atoms. The van der Waals surface area contributed by atoms with Crippen molar-refractivity contribution in [2.45, 2.75) is 19.3 Å². The van der Waals surface area contributed by atoms with E-state index in [2.05, 4.69) is 15.2 Å². The van der Waals surface area contributed by atoms with Gasteiger partial charge in [-0.25, -0.2) is 9.78 Å². The molecule has 140 valence electrons. The Balaban J connectivity index is 1.65. The lowest BCUT2D eigenvalue weighted by atomic mass is 10.0. The van der Waals surface area contributed by atoms with Crippen LogP contribution < -0.4 is 0 Å². The van der Waals surface area contributed by atoms with Crippen molar-refractivity contribution in [1.29, 1.82) is 0 Å². The first-order valence-electron chi connectivity index (χ1n) is 8.76. The summed E-state index contributed by atoms with van der Waals surface area (Å²) in [5, 5.41) is 17.7. The molecule has 4 rings (SSSR count). The van der Waals surface area contributed by atoms with E-state index in [0.717, 1.165) is 6.42 Å². The Morgan fingerprint density at radius 2 is 1.82 bits per heavy atom. The molecule has 0 amide bonds. The maximum absolute atomic E-state index is 11.5. The maximum atomic E-state index is 11.5. The molecule has 1 N–H and O–H groups in total. The average molecular weight is 375 g/mol. The van der Waals surface area contributed by atoms with Gasteiger partial charge in [0.2, 0.25) is 17.7 Å². The van der Waals surface area contributed by atoms with Gasteiger partial charge >= 0.3 is 5.97 Å². The van der Waals surface area contributed by atoms with Gasteiger partial charge < -0.3 is 13.9 Å². The number of carboxylic acids is 1. The highest BCUT2D eigenvalue weighted by atomic mass is 16.4. The summed E-state index contributed by atoms with van der Waals surface area (Å²) in [7, 11) is 0. The van der Waals surface area contributed by atoms with E-state index >= 15 is 0 Å². The summed E-state index contributed by atoms with van der Waals surface area (Å²) >= 11 is 0. The van der Waals surface area contributed by atoms with Crippen molar-refractivity contribution in [2.75, 3.05) is 0 Å². The SMILES string of the molecule is CC(Cc1ccccc1)c1nnc(-c2cc(C(=O)O)cc(-c3ncco3)c2)o1. The van der Waals surface area contributed by atoms with Gasteiger partial charge in [0.1, 0.15) is 6.26 Å². The Morgan fingerprint density at radius 1 is 1.07 bits per heavy atom. The highest BCUT2D eigenvalue weighted by Gasteiger charge is 2.18. The van der Waals surface area contributed by atoms with Crippen molar-refractivity contribution in [3.63, 3.8) is 0 Å². The van der Waals surface area contributed by atoms with E-state index in [1.807, 2.05) is 37.3 Å². The number of carbonyl (C=O) groups is 1. The monoisotopic (exact) mass is 375 g/mol. The molecular formula is C21H17N3O4. The van der Waals surface area contributed by atoms with Crippen LogP contribution >= 0.6 is 0 Å². The van der Waals surface area contributed by atoms with Crippen molar-refractivity contribution in [2.24, 2.45) is 0 Å². The molecule has 2 heterocycles. The molecule has 0 saturated carbocycles. The fraction of sp³-hybridized carbons (Fsp3) is 0.143. The first-order valence-corrected chi connectivity index (χ1v) is 8.76. The van der Waals surface area contributed by atoms with E-state index in [-0.39, 0.29) is 17.4 Å². The second-order valence-electron chi connectivity index (χ2n) is 6.48. The highest BCUT2D eigenvalue weighted by molar-refractivity contribution is 5.91. The minimum absolute atomic E-state index is 0.0255. The summed E-state index contributed by atoms with van der Waals surface area (Å²) in [6, 6.07) is 14.8. The predicted octanol–water partition coefficient (Wildman–Crippen LogP) is 4.44. The van der Waals surface area contributed by atoms with Crippen LogP contribution in [0, 0.1) is 0 Å². The Bertz CT molecular complexity index is 1090. The Kier molecular flexibility index (Phi) is 4.72. The molecule has 2 aromatic carbocycles. The lowest BCUT2D eigenvalue weighted by Crippen LogP contribution is -1.98.